The molecular formula is C21H21ClN2O3S. The van der Waals surface area contributed by atoms with Crippen LogP contribution in [-0.4, -0.2) is 40.7 Å². The maximum Gasteiger partial charge on any atom is 0.261 e. The number of imide groups is 1. The summed E-state index contributed by atoms with van der Waals surface area (Å²) in [6.45, 7) is 0.430. The van der Waals surface area contributed by atoms with Gasteiger partial charge in [0.2, 0.25) is 5.91 Å². The summed E-state index contributed by atoms with van der Waals surface area (Å²) in [6, 6.07) is 14.1. The first kappa shape index (κ1) is 20.4. The van der Waals surface area contributed by atoms with E-state index >= 15 is 0 Å². The lowest BCUT2D eigenvalue weighted by molar-refractivity contribution is -0.115. The standard InChI is InChI=1S/C21H21ClN2O3S/c22-17-9-3-4-10-18(17)23-19(25)11-14-28-13-6-5-12-24-20(26)15-7-1-2-8-16(15)21(24)27/h1-4,7-10H,5-6,11-14H2,(H,23,25). The minimum absolute atomic E-state index is 0.0633. The van der Waals surface area contributed by atoms with Gasteiger partial charge in [0.1, 0.15) is 0 Å². The molecule has 0 aromatic heterocycles. The van der Waals surface area contributed by atoms with Crippen molar-refractivity contribution in [3.8, 4) is 0 Å². The third-order valence-electron chi connectivity index (χ3n) is 4.42. The van der Waals surface area contributed by atoms with Gasteiger partial charge >= 0.3 is 0 Å². The second kappa shape index (κ2) is 9.75. The number of para-hydroxylation sites is 1. The number of hydrogen-bond acceptors (Lipinski definition) is 4. The third kappa shape index (κ3) is 4.94. The molecule has 2 aromatic rings. The van der Waals surface area contributed by atoms with Crippen LogP contribution in [0.15, 0.2) is 48.5 Å². The molecule has 0 saturated carbocycles. The number of unbranched alkanes of at least 4 members (excludes halogenated alkanes) is 1. The zero-order valence-corrected chi connectivity index (χ0v) is 16.9. The van der Waals surface area contributed by atoms with Crippen molar-refractivity contribution in [3.63, 3.8) is 0 Å². The number of nitrogens with one attached hydrogen (secondary N) is 1. The number of nitrogens with zero attached hydrogens (tertiary/aromatic N) is 1. The molecule has 1 aliphatic heterocycles. The highest BCUT2D eigenvalue weighted by molar-refractivity contribution is 7.99. The van der Waals surface area contributed by atoms with E-state index in [0.29, 0.717) is 40.6 Å². The van der Waals surface area contributed by atoms with Gasteiger partial charge in [0.25, 0.3) is 11.8 Å². The number of thioether (sulfide) groups is 1. The van der Waals surface area contributed by atoms with Crippen molar-refractivity contribution < 1.29 is 14.4 Å². The molecule has 0 atom stereocenters. The lowest BCUT2D eigenvalue weighted by atomic mass is 10.1. The van der Waals surface area contributed by atoms with Gasteiger partial charge in [-0.15, -0.1) is 0 Å². The number of benzene rings is 2. The van der Waals surface area contributed by atoms with Crippen molar-refractivity contribution >= 4 is 46.8 Å². The van der Waals surface area contributed by atoms with Gasteiger partial charge in [-0.25, -0.2) is 0 Å². The number of hydrogen-bond donors (Lipinski definition) is 1. The van der Waals surface area contributed by atoms with Crippen molar-refractivity contribution in [3.05, 3.63) is 64.7 Å². The first-order valence-corrected chi connectivity index (χ1v) is 10.7. The van der Waals surface area contributed by atoms with Crippen LogP contribution < -0.4 is 5.32 Å². The molecule has 1 heterocycles. The second-order valence-electron chi connectivity index (χ2n) is 6.41. The van der Waals surface area contributed by atoms with Gasteiger partial charge < -0.3 is 5.32 Å². The van der Waals surface area contributed by atoms with Gasteiger partial charge in [0.05, 0.1) is 21.8 Å². The van der Waals surface area contributed by atoms with E-state index in [1.165, 1.54) is 4.90 Å². The van der Waals surface area contributed by atoms with Gasteiger partial charge in [0, 0.05) is 18.7 Å². The zero-order valence-electron chi connectivity index (χ0n) is 15.3. The highest BCUT2D eigenvalue weighted by Crippen LogP contribution is 2.23. The van der Waals surface area contributed by atoms with E-state index < -0.39 is 0 Å². The fourth-order valence-electron chi connectivity index (χ4n) is 2.96. The Morgan fingerprint density at radius 2 is 1.57 bits per heavy atom. The van der Waals surface area contributed by atoms with Crippen LogP contribution in [0.2, 0.25) is 5.02 Å². The van der Waals surface area contributed by atoms with Crippen LogP contribution in [0.1, 0.15) is 40.0 Å². The van der Waals surface area contributed by atoms with Gasteiger partial charge in [-0.1, -0.05) is 35.9 Å². The van der Waals surface area contributed by atoms with Crippen molar-refractivity contribution in [2.75, 3.05) is 23.4 Å². The summed E-state index contributed by atoms with van der Waals surface area (Å²) in [5.41, 5.74) is 1.61. The fraction of sp³-hybridized carbons (Fsp3) is 0.286. The molecule has 0 unspecified atom stereocenters. The molecule has 0 aliphatic carbocycles. The van der Waals surface area contributed by atoms with E-state index in [4.69, 9.17) is 11.6 Å². The molecule has 0 saturated heterocycles. The summed E-state index contributed by atoms with van der Waals surface area (Å²) in [5, 5.41) is 3.33. The van der Waals surface area contributed by atoms with Crippen LogP contribution in [0, 0.1) is 0 Å². The second-order valence-corrected chi connectivity index (χ2v) is 8.04. The summed E-state index contributed by atoms with van der Waals surface area (Å²) in [5.74, 6) is 1.12. The smallest absolute Gasteiger partial charge is 0.261 e. The van der Waals surface area contributed by atoms with E-state index in [9.17, 15) is 14.4 Å². The average Bonchev–Trinajstić information content (AvgIpc) is 2.94. The third-order valence-corrected chi connectivity index (χ3v) is 5.82. The van der Waals surface area contributed by atoms with Crippen molar-refractivity contribution in [1.29, 1.82) is 0 Å². The predicted octanol–water partition coefficient (Wildman–Crippen LogP) is 4.48. The zero-order chi connectivity index (χ0) is 19.9. The van der Waals surface area contributed by atoms with Crippen LogP contribution in [0.25, 0.3) is 0 Å². The molecule has 0 fully saturated rings. The van der Waals surface area contributed by atoms with E-state index in [2.05, 4.69) is 5.32 Å². The maximum absolute atomic E-state index is 12.3. The Balaban J connectivity index is 1.30. The Hall–Kier alpha value is -2.31. The van der Waals surface area contributed by atoms with Crippen LogP contribution >= 0.6 is 23.4 Å². The number of halogens is 1. The highest BCUT2D eigenvalue weighted by atomic mass is 35.5. The van der Waals surface area contributed by atoms with E-state index in [-0.39, 0.29) is 17.7 Å². The Kier molecular flexibility index (Phi) is 7.12. The molecule has 1 N–H and O–H groups in total. The molecule has 5 nitrogen and oxygen atoms in total. The Morgan fingerprint density at radius 3 is 2.25 bits per heavy atom. The maximum atomic E-state index is 12.3. The lowest BCUT2D eigenvalue weighted by Gasteiger charge is -2.13. The van der Waals surface area contributed by atoms with Crippen LogP contribution in [0.5, 0.6) is 0 Å². The Labute approximate surface area is 173 Å². The van der Waals surface area contributed by atoms with E-state index in [1.54, 1.807) is 48.2 Å². The van der Waals surface area contributed by atoms with Gasteiger partial charge in [-0.05, 0) is 42.9 Å². The molecule has 0 spiro atoms. The summed E-state index contributed by atoms with van der Waals surface area (Å²) in [7, 11) is 0. The SMILES string of the molecule is O=C(CCSCCCCN1C(=O)c2ccccc2C1=O)Nc1ccccc1Cl. The number of fused-ring (bicyclic) bond motifs is 1. The normalized spacial score (nSPS) is 13.0. The molecular weight excluding hydrogens is 396 g/mol. The van der Waals surface area contributed by atoms with E-state index in [0.717, 1.165) is 18.6 Å². The fourth-order valence-corrected chi connectivity index (χ4v) is 4.08. The monoisotopic (exact) mass is 416 g/mol. The van der Waals surface area contributed by atoms with Crippen LogP contribution in [0.4, 0.5) is 5.69 Å². The number of anilines is 1. The number of amides is 3. The largest absolute Gasteiger partial charge is 0.325 e. The molecule has 3 rings (SSSR count). The minimum atomic E-state index is -0.204. The van der Waals surface area contributed by atoms with Crippen molar-refractivity contribution in [2.24, 2.45) is 0 Å². The lowest BCUT2D eigenvalue weighted by Crippen LogP contribution is -2.30. The van der Waals surface area contributed by atoms with E-state index in [1.807, 2.05) is 12.1 Å². The predicted molar refractivity (Wildman–Crippen MR) is 113 cm³/mol. The molecule has 3 amide bonds. The van der Waals surface area contributed by atoms with Gasteiger partial charge in [0.15, 0.2) is 0 Å². The molecule has 146 valence electrons. The summed E-state index contributed by atoms with van der Waals surface area (Å²) >= 11 is 7.70. The molecule has 2 aromatic carbocycles. The Morgan fingerprint density at radius 1 is 0.929 bits per heavy atom. The molecule has 7 heteroatoms. The molecule has 0 radical (unpaired) electrons. The molecule has 28 heavy (non-hydrogen) atoms. The molecule has 0 bridgehead atoms. The van der Waals surface area contributed by atoms with Crippen LogP contribution in [-0.2, 0) is 4.79 Å². The van der Waals surface area contributed by atoms with Gasteiger partial charge in [-0.2, -0.15) is 11.8 Å². The first-order chi connectivity index (χ1) is 13.6. The summed E-state index contributed by atoms with van der Waals surface area (Å²) in [6.07, 6.45) is 2.04. The van der Waals surface area contributed by atoms with Crippen molar-refractivity contribution in [1.82, 2.24) is 4.90 Å². The van der Waals surface area contributed by atoms with Crippen molar-refractivity contribution in [2.45, 2.75) is 19.3 Å². The molecule has 1 aliphatic rings. The highest BCUT2D eigenvalue weighted by Gasteiger charge is 2.34. The average molecular weight is 417 g/mol. The topological polar surface area (TPSA) is 66.5 Å². The minimum Gasteiger partial charge on any atom is -0.325 e. The number of carbonyl (C=O) groups is 3. The van der Waals surface area contributed by atoms with Gasteiger partial charge in [-0.3, -0.25) is 19.3 Å². The Bertz CT molecular complexity index is 852. The number of rotatable bonds is 9. The summed E-state index contributed by atoms with van der Waals surface area (Å²) < 4.78 is 0. The van der Waals surface area contributed by atoms with Crippen LogP contribution in [0.3, 0.4) is 0 Å². The quantitative estimate of drug-likeness (QED) is 0.483. The number of carbonyl (C=O) groups excluding carboxylic acids is 3. The summed E-state index contributed by atoms with van der Waals surface area (Å²) in [4.78, 5) is 37.8. The first-order valence-electron chi connectivity index (χ1n) is 9.15.